The van der Waals surface area contributed by atoms with E-state index in [1.54, 1.807) is 13.8 Å². The number of ether oxygens (including phenoxy) is 1. The van der Waals surface area contributed by atoms with Gasteiger partial charge in [-0.1, -0.05) is 13.8 Å². The van der Waals surface area contributed by atoms with E-state index in [9.17, 15) is 18.4 Å². The van der Waals surface area contributed by atoms with Crippen molar-refractivity contribution in [1.82, 2.24) is 4.90 Å². The standard InChI is InChI=1S/C16H20F2N2O3/c1-9(2)14(23-13-4-3-11(17)7-12(13)18)16(22)20-6-5-10(8-20)15(19)21/h3-4,7,9-10,14H,5-6,8H2,1-2H3,(H2,19,21)/t10-,14+/m0/s1. The van der Waals surface area contributed by atoms with Crippen LogP contribution >= 0.6 is 0 Å². The molecule has 1 aliphatic rings. The first-order valence-electron chi connectivity index (χ1n) is 7.49. The maximum atomic E-state index is 13.7. The van der Waals surface area contributed by atoms with Crippen LogP contribution in [0.3, 0.4) is 0 Å². The first-order valence-corrected chi connectivity index (χ1v) is 7.49. The quantitative estimate of drug-likeness (QED) is 0.895. The summed E-state index contributed by atoms with van der Waals surface area (Å²) < 4.78 is 32.2. The summed E-state index contributed by atoms with van der Waals surface area (Å²) in [5, 5.41) is 0. The zero-order chi connectivity index (χ0) is 17.1. The highest BCUT2D eigenvalue weighted by molar-refractivity contribution is 5.84. The minimum absolute atomic E-state index is 0.177. The fourth-order valence-corrected chi connectivity index (χ4v) is 2.55. The molecule has 1 aromatic carbocycles. The molecule has 2 atom stereocenters. The number of halogens is 2. The molecule has 126 valence electrons. The molecule has 7 heteroatoms. The SMILES string of the molecule is CC(C)[C@@H](Oc1ccc(F)cc1F)C(=O)N1CC[C@H](C(N)=O)C1. The predicted molar refractivity (Wildman–Crippen MR) is 79.5 cm³/mol. The number of amides is 2. The number of nitrogens with two attached hydrogens (primary N) is 1. The van der Waals surface area contributed by atoms with E-state index >= 15 is 0 Å². The highest BCUT2D eigenvalue weighted by Crippen LogP contribution is 2.24. The molecule has 1 aliphatic heterocycles. The number of carbonyl (C=O) groups is 2. The molecule has 2 N–H and O–H groups in total. The minimum Gasteiger partial charge on any atom is -0.477 e. The van der Waals surface area contributed by atoms with Gasteiger partial charge in [-0.15, -0.1) is 0 Å². The summed E-state index contributed by atoms with van der Waals surface area (Å²) in [6, 6.07) is 2.93. The van der Waals surface area contributed by atoms with Crippen LogP contribution in [0.15, 0.2) is 18.2 Å². The number of likely N-dealkylation sites (tertiary alicyclic amines) is 1. The number of rotatable bonds is 5. The Morgan fingerprint density at radius 3 is 2.57 bits per heavy atom. The van der Waals surface area contributed by atoms with Crippen LogP contribution in [0.25, 0.3) is 0 Å². The van der Waals surface area contributed by atoms with E-state index in [0.29, 0.717) is 19.0 Å². The number of hydrogen-bond acceptors (Lipinski definition) is 3. The molecule has 5 nitrogen and oxygen atoms in total. The van der Waals surface area contributed by atoms with Gasteiger partial charge in [-0.2, -0.15) is 0 Å². The van der Waals surface area contributed by atoms with Gasteiger partial charge in [0.2, 0.25) is 5.91 Å². The Kier molecular flexibility index (Phi) is 5.18. The summed E-state index contributed by atoms with van der Waals surface area (Å²) in [6.45, 7) is 4.19. The molecule has 0 aromatic heterocycles. The number of hydrogen-bond donors (Lipinski definition) is 1. The Bertz CT molecular complexity index is 607. The Morgan fingerprint density at radius 1 is 1.35 bits per heavy atom. The first kappa shape index (κ1) is 17.2. The Labute approximate surface area is 133 Å². The number of benzene rings is 1. The van der Waals surface area contributed by atoms with Crippen LogP contribution in [0.4, 0.5) is 8.78 Å². The molecule has 1 saturated heterocycles. The third kappa shape index (κ3) is 3.97. The normalized spacial score (nSPS) is 19.0. The van der Waals surface area contributed by atoms with Crippen LogP contribution in [0.5, 0.6) is 5.75 Å². The van der Waals surface area contributed by atoms with Crippen molar-refractivity contribution in [2.24, 2.45) is 17.6 Å². The molecule has 0 radical (unpaired) electrons. The van der Waals surface area contributed by atoms with Crippen molar-refractivity contribution in [1.29, 1.82) is 0 Å². The second-order valence-electron chi connectivity index (χ2n) is 6.03. The molecule has 2 amide bonds. The molecule has 1 fully saturated rings. The predicted octanol–water partition coefficient (Wildman–Crippen LogP) is 1.70. The molecule has 0 spiro atoms. The fraction of sp³-hybridized carbons (Fsp3) is 0.500. The fourth-order valence-electron chi connectivity index (χ4n) is 2.55. The largest absolute Gasteiger partial charge is 0.477 e. The van der Waals surface area contributed by atoms with Gasteiger partial charge in [0.15, 0.2) is 17.7 Å². The summed E-state index contributed by atoms with van der Waals surface area (Å²) in [5.74, 6) is -3.11. The molecule has 23 heavy (non-hydrogen) atoms. The van der Waals surface area contributed by atoms with Crippen LogP contribution in [0.1, 0.15) is 20.3 Å². The molecule has 0 saturated carbocycles. The summed E-state index contributed by atoms with van der Waals surface area (Å²) in [7, 11) is 0. The van der Waals surface area contributed by atoms with Gasteiger partial charge < -0.3 is 15.4 Å². The molecule has 0 bridgehead atoms. The van der Waals surface area contributed by atoms with Gasteiger partial charge in [0.25, 0.3) is 5.91 Å². The first-order chi connectivity index (χ1) is 10.8. The van der Waals surface area contributed by atoms with Gasteiger partial charge in [0.1, 0.15) is 5.82 Å². The monoisotopic (exact) mass is 326 g/mol. The Morgan fingerprint density at radius 2 is 2.04 bits per heavy atom. The van der Waals surface area contributed by atoms with E-state index in [-0.39, 0.29) is 30.0 Å². The zero-order valence-electron chi connectivity index (χ0n) is 13.1. The van der Waals surface area contributed by atoms with E-state index in [2.05, 4.69) is 0 Å². The van der Waals surface area contributed by atoms with Crippen molar-refractivity contribution in [2.45, 2.75) is 26.4 Å². The van der Waals surface area contributed by atoms with Crippen molar-refractivity contribution in [3.8, 4) is 5.75 Å². The van der Waals surface area contributed by atoms with Crippen molar-refractivity contribution < 1.29 is 23.1 Å². The topological polar surface area (TPSA) is 72.6 Å². The molecular formula is C16H20F2N2O3. The van der Waals surface area contributed by atoms with Crippen LogP contribution in [0, 0.1) is 23.5 Å². The van der Waals surface area contributed by atoms with E-state index in [1.165, 1.54) is 4.90 Å². The maximum Gasteiger partial charge on any atom is 0.263 e. The number of nitrogens with zero attached hydrogens (tertiary/aromatic N) is 1. The molecule has 1 heterocycles. The lowest BCUT2D eigenvalue weighted by atomic mass is 10.1. The summed E-state index contributed by atoms with van der Waals surface area (Å²) in [4.78, 5) is 25.3. The zero-order valence-corrected chi connectivity index (χ0v) is 13.1. The second kappa shape index (κ2) is 6.93. The van der Waals surface area contributed by atoms with Crippen molar-refractivity contribution in [2.75, 3.05) is 13.1 Å². The molecule has 0 aliphatic carbocycles. The van der Waals surface area contributed by atoms with Crippen LogP contribution in [-0.2, 0) is 9.59 Å². The number of carbonyl (C=O) groups excluding carboxylic acids is 2. The third-order valence-electron chi connectivity index (χ3n) is 3.90. The summed E-state index contributed by atoms with van der Waals surface area (Å²) in [5.41, 5.74) is 5.26. The highest BCUT2D eigenvalue weighted by atomic mass is 19.1. The Hall–Kier alpha value is -2.18. The van der Waals surface area contributed by atoms with Crippen LogP contribution < -0.4 is 10.5 Å². The van der Waals surface area contributed by atoms with E-state index in [4.69, 9.17) is 10.5 Å². The lowest BCUT2D eigenvalue weighted by Gasteiger charge is -2.26. The van der Waals surface area contributed by atoms with Gasteiger partial charge in [0.05, 0.1) is 5.92 Å². The Balaban J connectivity index is 2.12. The number of primary amides is 1. The molecule has 1 aromatic rings. The summed E-state index contributed by atoms with van der Waals surface area (Å²) >= 11 is 0. The van der Waals surface area contributed by atoms with E-state index in [1.807, 2.05) is 0 Å². The maximum absolute atomic E-state index is 13.7. The smallest absolute Gasteiger partial charge is 0.263 e. The lowest BCUT2D eigenvalue weighted by molar-refractivity contribution is -0.139. The van der Waals surface area contributed by atoms with E-state index in [0.717, 1.165) is 12.1 Å². The molecule has 2 rings (SSSR count). The van der Waals surface area contributed by atoms with Crippen LogP contribution in [-0.4, -0.2) is 35.9 Å². The minimum atomic E-state index is -0.915. The average Bonchev–Trinajstić information content (AvgIpc) is 2.95. The van der Waals surface area contributed by atoms with Crippen molar-refractivity contribution in [3.63, 3.8) is 0 Å². The lowest BCUT2D eigenvalue weighted by Crippen LogP contribution is -2.44. The second-order valence-corrected chi connectivity index (χ2v) is 6.03. The third-order valence-corrected chi connectivity index (χ3v) is 3.90. The van der Waals surface area contributed by atoms with Gasteiger partial charge >= 0.3 is 0 Å². The van der Waals surface area contributed by atoms with Crippen LogP contribution in [0.2, 0.25) is 0 Å². The molecular weight excluding hydrogens is 306 g/mol. The summed E-state index contributed by atoms with van der Waals surface area (Å²) in [6.07, 6.45) is -0.404. The van der Waals surface area contributed by atoms with Crippen molar-refractivity contribution in [3.05, 3.63) is 29.8 Å². The average molecular weight is 326 g/mol. The van der Waals surface area contributed by atoms with E-state index < -0.39 is 23.6 Å². The van der Waals surface area contributed by atoms with Gasteiger partial charge in [-0.25, -0.2) is 8.78 Å². The highest BCUT2D eigenvalue weighted by Gasteiger charge is 2.35. The van der Waals surface area contributed by atoms with Crippen molar-refractivity contribution >= 4 is 11.8 Å². The van der Waals surface area contributed by atoms with Gasteiger partial charge in [-0.3, -0.25) is 9.59 Å². The molecule has 0 unspecified atom stereocenters. The van der Waals surface area contributed by atoms with Gasteiger partial charge in [-0.05, 0) is 24.5 Å². The van der Waals surface area contributed by atoms with Gasteiger partial charge in [0, 0.05) is 19.2 Å².